The maximum absolute atomic E-state index is 12.1. The molecule has 1 amide bonds. The van der Waals surface area contributed by atoms with E-state index in [2.05, 4.69) is 26.2 Å². The fourth-order valence-corrected chi connectivity index (χ4v) is 3.29. The van der Waals surface area contributed by atoms with Gasteiger partial charge in [0.25, 0.3) is 5.91 Å². The van der Waals surface area contributed by atoms with Crippen LogP contribution in [0.5, 0.6) is 5.75 Å². The van der Waals surface area contributed by atoms with Gasteiger partial charge in [0.1, 0.15) is 17.5 Å². The average molecular weight is 450 g/mol. The van der Waals surface area contributed by atoms with Crippen molar-refractivity contribution in [2.75, 3.05) is 13.7 Å². The third-order valence-electron chi connectivity index (χ3n) is 5.14. The highest BCUT2D eigenvalue weighted by Crippen LogP contribution is 2.20. The van der Waals surface area contributed by atoms with Crippen molar-refractivity contribution in [3.8, 4) is 5.75 Å². The average Bonchev–Trinajstić information content (AvgIpc) is 3.37. The molecule has 2 heterocycles. The smallest absolute Gasteiger partial charge is 0.271 e. The van der Waals surface area contributed by atoms with Gasteiger partial charge in [-0.1, -0.05) is 17.3 Å². The largest absolute Gasteiger partial charge is 0.497 e. The van der Waals surface area contributed by atoms with Crippen LogP contribution in [0.3, 0.4) is 0 Å². The van der Waals surface area contributed by atoms with Gasteiger partial charge < -0.3 is 35.6 Å². The Bertz CT molecular complexity index is 921. The number of rotatable bonds is 9. The molecular formula is C19H26N6O7. The van der Waals surface area contributed by atoms with Gasteiger partial charge in [-0.3, -0.25) is 9.48 Å². The van der Waals surface area contributed by atoms with Gasteiger partial charge in [-0.25, -0.2) is 5.43 Å². The molecule has 32 heavy (non-hydrogen) atoms. The highest BCUT2D eigenvalue weighted by molar-refractivity contribution is 5.83. The maximum Gasteiger partial charge on any atom is 0.271 e. The lowest BCUT2D eigenvalue weighted by Gasteiger charge is -2.16. The summed E-state index contributed by atoms with van der Waals surface area (Å²) >= 11 is 0. The minimum absolute atomic E-state index is 0.175. The number of hydrogen-bond acceptors (Lipinski definition) is 11. The van der Waals surface area contributed by atoms with Gasteiger partial charge >= 0.3 is 0 Å². The zero-order chi connectivity index (χ0) is 23.3. The van der Waals surface area contributed by atoms with E-state index in [1.807, 2.05) is 0 Å². The molecule has 0 saturated carbocycles. The van der Waals surface area contributed by atoms with Crippen molar-refractivity contribution in [3.05, 3.63) is 41.7 Å². The van der Waals surface area contributed by atoms with Crippen LogP contribution in [0.15, 0.2) is 35.6 Å². The standard InChI is InChI=1S/C19H26N6O7/c1-32-12-4-2-10(3-5-12)15(27)18(30)19(31)23-20-6-11-7-25(24-22-11)8-13-16(28)17(29)14(9-26)21-13/h2-7,13-18,21,26-30H,8-9H2,1H3,(H,23,31)/b20-6+/t13-,14-,15-,16-,17-,18+/m1/s1. The van der Waals surface area contributed by atoms with Crippen LogP contribution in [0.1, 0.15) is 17.4 Å². The molecule has 1 saturated heterocycles. The van der Waals surface area contributed by atoms with E-state index in [0.29, 0.717) is 11.3 Å². The monoisotopic (exact) mass is 450 g/mol. The predicted molar refractivity (Wildman–Crippen MR) is 110 cm³/mol. The zero-order valence-electron chi connectivity index (χ0n) is 17.2. The van der Waals surface area contributed by atoms with E-state index in [9.17, 15) is 30.3 Å². The molecule has 13 nitrogen and oxygen atoms in total. The summed E-state index contributed by atoms with van der Waals surface area (Å²) in [5.74, 6) is -0.348. The Hall–Kier alpha value is -2.94. The molecule has 0 unspecified atom stereocenters. The molecule has 1 aromatic carbocycles. The van der Waals surface area contributed by atoms with Crippen molar-refractivity contribution < 1.29 is 35.1 Å². The molecule has 2 aromatic rings. The third kappa shape index (κ3) is 5.45. The molecule has 0 spiro atoms. The molecule has 174 valence electrons. The minimum Gasteiger partial charge on any atom is -0.497 e. The lowest BCUT2D eigenvalue weighted by Crippen LogP contribution is -2.38. The van der Waals surface area contributed by atoms with E-state index in [1.165, 1.54) is 36.3 Å². The molecule has 1 aliphatic rings. The Kier molecular flexibility index (Phi) is 7.84. The number of ether oxygens (including phenoxy) is 1. The summed E-state index contributed by atoms with van der Waals surface area (Å²) in [6.07, 6.45) is -2.70. The first-order valence-electron chi connectivity index (χ1n) is 9.80. The number of aliphatic hydroxyl groups is 5. The van der Waals surface area contributed by atoms with Crippen LogP contribution in [0.4, 0.5) is 0 Å². The third-order valence-corrected chi connectivity index (χ3v) is 5.14. The van der Waals surface area contributed by atoms with Crippen molar-refractivity contribution in [1.82, 2.24) is 25.7 Å². The van der Waals surface area contributed by atoms with E-state index in [1.54, 1.807) is 12.1 Å². The van der Waals surface area contributed by atoms with Crippen LogP contribution in [0.2, 0.25) is 0 Å². The minimum atomic E-state index is -1.75. The Morgan fingerprint density at radius 3 is 2.59 bits per heavy atom. The highest BCUT2D eigenvalue weighted by Gasteiger charge is 2.40. The summed E-state index contributed by atoms with van der Waals surface area (Å²) in [5, 5.41) is 63.6. The van der Waals surface area contributed by atoms with Crippen LogP contribution in [0.25, 0.3) is 0 Å². The summed E-state index contributed by atoms with van der Waals surface area (Å²) in [5.41, 5.74) is 2.73. The predicted octanol–water partition coefficient (Wildman–Crippen LogP) is -3.11. The molecule has 1 fully saturated rings. The fraction of sp³-hybridized carbons (Fsp3) is 0.474. The molecule has 3 rings (SSSR count). The molecule has 13 heteroatoms. The van der Waals surface area contributed by atoms with Crippen molar-refractivity contribution in [3.63, 3.8) is 0 Å². The number of carbonyl (C=O) groups is 1. The summed E-state index contributed by atoms with van der Waals surface area (Å²) in [6.45, 7) is -0.141. The number of carbonyl (C=O) groups excluding carboxylic acids is 1. The number of hydrogen-bond donors (Lipinski definition) is 7. The summed E-state index contributed by atoms with van der Waals surface area (Å²) in [7, 11) is 1.50. The quantitative estimate of drug-likeness (QED) is 0.152. The second-order valence-electron chi connectivity index (χ2n) is 7.31. The number of benzene rings is 1. The SMILES string of the molecule is COc1ccc([C@@H](O)[C@H](O)C(=O)N/N=C/c2cn(C[C@H]3N[C@H](CO)[C@@H](O)[C@@H]3O)nn2)cc1. The van der Waals surface area contributed by atoms with Gasteiger partial charge in [-0.2, -0.15) is 5.10 Å². The van der Waals surface area contributed by atoms with Crippen LogP contribution >= 0.6 is 0 Å². The van der Waals surface area contributed by atoms with Crippen LogP contribution < -0.4 is 15.5 Å². The fourth-order valence-electron chi connectivity index (χ4n) is 3.29. The van der Waals surface area contributed by atoms with E-state index < -0.39 is 42.4 Å². The van der Waals surface area contributed by atoms with E-state index in [-0.39, 0.29) is 18.8 Å². The molecule has 0 bridgehead atoms. The number of aromatic nitrogens is 3. The van der Waals surface area contributed by atoms with E-state index in [0.717, 1.165) is 0 Å². The van der Waals surface area contributed by atoms with Gasteiger partial charge in [-0.15, -0.1) is 5.10 Å². The molecular weight excluding hydrogens is 424 g/mol. The molecule has 0 aliphatic carbocycles. The van der Waals surface area contributed by atoms with Crippen molar-refractivity contribution in [2.24, 2.45) is 5.10 Å². The molecule has 1 aliphatic heterocycles. The number of nitrogens with zero attached hydrogens (tertiary/aromatic N) is 4. The number of hydrazone groups is 1. The maximum atomic E-state index is 12.1. The van der Waals surface area contributed by atoms with Gasteiger partial charge in [0, 0.05) is 0 Å². The van der Waals surface area contributed by atoms with Gasteiger partial charge in [-0.05, 0) is 17.7 Å². The zero-order valence-corrected chi connectivity index (χ0v) is 17.2. The van der Waals surface area contributed by atoms with Crippen molar-refractivity contribution >= 4 is 12.1 Å². The van der Waals surface area contributed by atoms with Gasteiger partial charge in [0.2, 0.25) is 0 Å². The van der Waals surface area contributed by atoms with Gasteiger partial charge in [0.15, 0.2) is 6.10 Å². The first-order chi connectivity index (χ1) is 15.3. The second-order valence-corrected chi connectivity index (χ2v) is 7.31. The highest BCUT2D eigenvalue weighted by atomic mass is 16.5. The molecule has 1 aromatic heterocycles. The van der Waals surface area contributed by atoms with Crippen LogP contribution in [0, 0.1) is 0 Å². The number of nitrogens with one attached hydrogen (secondary N) is 2. The summed E-state index contributed by atoms with van der Waals surface area (Å²) < 4.78 is 6.42. The molecule has 7 N–H and O–H groups in total. The van der Waals surface area contributed by atoms with E-state index >= 15 is 0 Å². The molecule has 6 atom stereocenters. The number of aliphatic hydroxyl groups excluding tert-OH is 5. The lowest BCUT2D eigenvalue weighted by molar-refractivity contribution is -0.135. The number of amides is 1. The molecule has 0 radical (unpaired) electrons. The van der Waals surface area contributed by atoms with Gasteiger partial charge in [0.05, 0.1) is 57.0 Å². The first-order valence-corrected chi connectivity index (χ1v) is 9.80. The lowest BCUT2D eigenvalue weighted by atomic mass is 10.0. The van der Waals surface area contributed by atoms with E-state index in [4.69, 9.17) is 4.74 Å². The Morgan fingerprint density at radius 2 is 1.97 bits per heavy atom. The first kappa shape index (κ1) is 23.7. The normalized spacial score (nSPS) is 25.1. The van der Waals surface area contributed by atoms with Crippen molar-refractivity contribution in [1.29, 1.82) is 0 Å². The Morgan fingerprint density at radius 1 is 1.28 bits per heavy atom. The second kappa shape index (κ2) is 10.6. The Labute approximate surface area is 183 Å². The topological polar surface area (TPSA) is 195 Å². The Balaban J connectivity index is 1.51. The summed E-state index contributed by atoms with van der Waals surface area (Å²) in [4.78, 5) is 12.1. The van der Waals surface area contributed by atoms with Crippen LogP contribution in [-0.2, 0) is 11.3 Å². The van der Waals surface area contributed by atoms with Crippen molar-refractivity contribution in [2.45, 2.75) is 43.0 Å². The number of methoxy groups -OCH3 is 1. The van der Waals surface area contributed by atoms with Crippen LogP contribution in [-0.4, -0.2) is 96.8 Å². The summed E-state index contributed by atoms with van der Waals surface area (Å²) in [6, 6.07) is 5.07.